The minimum atomic E-state index is 0.732. The molecule has 17 heavy (non-hydrogen) atoms. The van der Waals surface area contributed by atoms with Crippen molar-refractivity contribution < 1.29 is 0 Å². The van der Waals surface area contributed by atoms with E-state index >= 15 is 0 Å². The van der Waals surface area contributed by atoms with E-state index in [4.69, 9.17) is 5.26 Å². The Kier molecular flexibility index (Phi) is 2.97. The highest BCUT2D eigenvalue weighted by Gasteiger charge is 2.07. The van der Waals surface area contributed by atoms with Gasteiger partial charge in [0.2, 0.25) is 0 Å². The number of rotatable bonds is 1. The lowest BCUT2D eigenvalue weighted by Gasteiger charge is -2.11. The SMILES string of the molecule is Cc1ccc(-c2c(C)cc(C#N)cc2C)cc1. The third kappa shape index (κ3) is 2.21. The average molecular weight is 221 g/mol. The van der Waals surface area contributed by atoms with Gasteiger partial charge >= 0.3 is 0 Å². The van der Waals surface area contributed by atoms with Gasteiger partial charge in [0.05, 0.1) is 11.6 Å². The van der Waals surface area contributed by atoms with Crippen molar-refractivity contribution in [2.75, 3.05) is 0 Å². The van der Waals surface area contributed by atoms with Crippen molar-refractivity contribution in [3.05, 3.63) is 58.7 Å². The topological polar surface area (TPSA) is 23.8 Å². The van der Waals surface area contributed by atoms with E-state index < -0.39 is 0 Å². The smallest absolute Gasteiger partial charge is 0.0991 e. The Balaban J connectivity index is 2.60. The zero-order valence-corrected chi connectivity index (χ0v) is 10.4. The standard InChI is InChI=1S/C16H15N/c1-11-4-6-15(7-5-11)16-12(2)8-14(10-17)9-13(16)3/h4-9H,1-3H3. The van der Waals surface area contributed by atoms with Crippen LogP contribution in [-0.2, 0) is 0 Å². The van der Waals surface area contributed by atoms with E-state index in [0.717, 1.165) is 16.7 Å². The summed E-state index contributed by atoms with van der Waals surface area (Å²) in [6.45, 7) is 6.20. The maximum atomic E-state index is 8.93. The molecule has 0 amide bonds. The third-order valence-corrected chi connectivity index (χ3v) is 3.00. The quantitative estimate of drug-likeness (QED) is 0.709. The van der Waals surface area contributed by atoms with Gasteiger partial charge in [-0.1, -0.05) is 29.8 Å². The maximum absolute atomic E-state index is 8.93. The van der Waals surface area contributed by atoms with Crippen LogP contribution in [-0.4, -0.2) is 0 Å². The number of hydrogen-bond acceptors (Lipinski definition) is 1. The third-order valence-electron chi connectivity index (χ3n) is 3.00. The van der Waals surface area contributed by atoms with Crippen molar-refractivity contribution in [1.29, 1.82) is 5.26 Å². The molecule has 0 N–H and O–H groups in total. The first kappa shape index (κ1) is 11.4. The molecule has 0 aliphatic heterocycles. The van der Waals surface area contributed by atoms with Crippen LogP contribution in [0, 0.1) is 32.1 Å². The molecular weight excluding hydrogens is 206 g/mol. The van der Waals surface area contributed by atoms with Gasteiger partial charge in [-0.05, 0) is 55.2 Å². The molecule has 1 heteroatoms. The van der Waals surface area contributed by atoms with Gasteiger partial charge in [0, 0.05) is 0 Å². The predicted molar refractivity (Wildman–Crippen MR) is 70.8 cm³/mol. The first-order valence-corrected chi connectivity index (χ1v) is 5.70. The van der Waals surface area contributed by atoms with Gasteiger partial charge in [-0.25, -0.2) is 0 Å². The van der Waals surface area contributed by atoms with E-state index in [1.807, 2.05) is 12.1 Å². The average Bonchev–Trinajstić information content (AvgIpc) is 2.30. The van der Waals surface area contributed by atoms with Crippen LogP contribution in [0.4, 0.5) is 0 Å². The van der Waals surface area contributed by atoms with Crippen LogP contribution in [0.25, 0.3) is 11.1 Å². The molecule has 0 radical (unpaired) electrons. The summed E-state index contributed by atoms with van der Waals surface area (Å²) < 4.78 is 0. The second-order valence-corrected chi connectivity index (χ2v) is 4.46. The van der Waals surface area contributed by atoms with Crippen molar-refractivity contribution in [1.82, 2.24) is 0 Å². The molecule has 2 rings (SSSR count). The highest BCUT2D eigenvalue weighted by Crippen LogP contribution is 2.28. The Bertz CT molecular complexity index is 563. The van der Waals surface area contributed by atoms with Crippen molar-refractivity contribution >= 4 is 0 Å². The first-order valence-electron chi connectivity index (χ1n) is 5.70. The maximum Gasteiger partial charge on any atom is 0.0991 e. The molecule has 0 heterocycles. The second kappa shape index (κ2) is 4.43. The molecule has 0 spiro atoms. The number of benzene rings is 2. The van der Waals surface area contributed by atoms with Gasteiger partial charge in [0.25, 0.3) is 0 Å². The Labute approximate surface area is 102 Å². The van der Waals surface area contributed by atoms with Crippen molar-refractivity contribution in [3.63, 3.8) is 0 Å². The fourth-order valence-corrected chi connectivity index (χ4v) is 2.20. The molecule has 0 atom stereocenters. The molecule has 2 aromatic carbocycles. The molecular formula is C16H15N. The van der Waals surface area contributed by atoms with E-state index in [-0.39, 0.29) is 0 Å². The zero-order valence-electron chi connectivity index (χ0n) is 10.4. The minimum Gasteiger partial charge on any atom is -0.192 e. The lowest BCUT2D eigenvalue weighted by Crippen LogP contribution is -1.90. The normalized spacial score (nSPS) is 10.0. The first-order chi connectivity index (χ1) is 8.11. The summed E-state index contributed by atoms with van der Waals surface area (Å²) in [6, 6.07) is 14.6. The fraction of sp³-hybridized carbons (Fsp3) is 0.188. The monoisotopic (exact) mass is 221 g/mol. The van der Waals surface area contributed by atoms with Crippen LogP contribution in [0.5, 0.6) is 0 Å². The molecule has 0 unspecified atom stereocenters. The molecule has 0 aliphatic rings. The largest absolute Gasteiger partial charge is 0.192 e. The summed E-state index contributed by atoms with van der Waals surface area (Å²) in [4.78, 5) is 0. The molecule has 0 aromatic heterocycles. The molecule has 0 aliphatic carbocycles. The lowest BCUT2D eigenvalue weighted by atomic mass is 9.93. The molecule has 84 valence electrons. The Morgan fingerprint density at radius 2 is 1.41 bits per heavy atom. The summed E-state index contributed by atoms with van der Waals surface area (Å²) in [5.74, 6) is 0. The van der Waals surface area contributed by atoms with Crippen LogP contribution in [0.3, 0.4) is 0 Å². The van der Waals surface area contributed by atoms with Crippen LogP contribution < -0.4 is 0 Å². The molecule has 0 saturated heterocycles. The van der Waals surface area contributed by atoms with Gasteiger partial charge in [-0.15, -0.1) is 0 Å². The summed E-state index contributed by atoms with van der Waals surface area (Å²) in [6.07, 6.45) is 0. The number of aryl methyl sites for hydroxylation is 3. The Morgan fingerprint density at radius 3 is 1.88 bits per heavy atom. The van der Waals surface area contributed by atoms with E-state index in [9.17, 15) is 0 Å². The van der Waals surface area contributed by atoms with Crippen molar-refractivity contribution in [2.45, 2.75) is 20.8 Å². The fourth-order valence-electron chi connectivity index (χ4n) is 2.20. The highest BCUT2D eigenvalue weighted by atomic mass is 14.2. The highest BCUT2D eigenvalue weighted by molar-refractivity contribution is 5.72. The van der Waals surface area contributed by atoms with Gasteiger partial charge in [0.1, 0.15) is 0 Å². The van der Waals surface area contributed by atoms with E-state index in [0.29, 0.717) is 0 Å². The predicted octanol–water partition coefficient (Wildman–Crippen LogP) is 4.15. The van der Waals surface area contributed by atoms with E-state index in [2.05, 4.69) is 51.1 Å². The van der Waals surface area contributed by atoms with Gasteiger partial charge in [-0.3, -0.25) is 0 Å². The summed E-state index contributed by atoms with van der Waals surface area (Å²) in [5, 5.41) is 8.93. The molecule has 1 nitrogen and oxygen atoms in total. The Morgan fingerprint density at radius 1 is 0.882 bits per heavy atom. The molecule has 0 bridgehead atoms. The van der Waals surface area contributed by atoms with Crippen LogP contribution in [0.2, 0.25) is 0 Å². The van der Waals surface area contributed by atoms with Gasteiger partial charge in [0.15, 0.2) is 0 Å². The number of hydrogen-bond donors (Lipinski definition) is 0. The zero-order chi connectivity index (χ0) is 12.4. The van der Waals surface area contributed by atoms with Crippen LogP contribution in [0.1, 0.15) is 22.3 Å². The number of nitriles is 1. The second-order valence-electron chi connectivity index (χ2n) is 4.46. The Hall–Kier alpha value is -2.07. The molecule has 0 fully saturated rings. The van der Waals surface area contributed by atoms with Gasteiger partial charge in [-0.2, -0.15) is 5.26 Å². The van der Waals surface area contributed by atoms with Crippen molar-refractivity contribution in [2.24, 2.45) is 0 Å². The summed E-state index contributed by atoms with van der Waals surface area (Å²) in [5.41, 5.74) is 6.77. The van der Waals surface area contributed by atoms with Gasteiger partial charge < -0.3 is 0 Å². The minimum absolute atomic E-state index is 0.732. The van der Waals surface area contributed by atoms with E-state index in [1.54, 1.807) is 0 Å². The molecule has 0 saturated carbocycles. The molecule has 2 aromatic rings. The van der Waals surface area contributed by atoms with Crippen LogP contribution >= 0.6 is 0 Å². The summed E-state index contributed by atoms with van der Waals surface area (Å²) in [7, 11) is 0. The van der Waals surface area contributed by atoms with Crippen molar-refractivity contribution in [3.8, 4) is 17.2 Å². The van der Waals surface area contributed by atoms with E-state index in [1.165, 1.54) is 16.7 Å². The lowest BCUT2D eigenvalue weighted by molar-refractivity contribution is 1.34. The number of nitrogens with zero attached hydrogens (tertiary/aromatic N) is 1. The van der Waals surface area contributed by atoms with Crippen LogP contribution in [0.15, 0.2) is 36.4 Å². The summed E-state index contributed by atoms with van der Waals surface area (Å²) >= 11 is 0.